The summed E-state index contributed by atoms with van der Waals surface area (Å²) in [5, 5.41) is 11.7. The highest BCUT2D eigenvalue weighted by Crippen LogP contribution is 2.11. The van der Waals surface area contributed by atoms with Gasteiger partial charge in [0.15, 0.2) is 0 Å². The van der Waals surface area contributed by atoms with Crippen LogP contribution in [0.2, 0.25) is 0 Å². The summed E-state index contributed by atoms with van der Waals surface area (Å²) in [5.74, 6) is -0.182. The third kappa shape index (κ3) is 3.24. The molecule has 1 rings (SSSR count). The number of aliphatic hydroxyl groups excluding tert-OH is 1. The molecule has 0 aliphatic heterocycles. The van der Waals surface area contributed by atoms with Crippen molar-refractivity contribution in [3.05, 3.63) is 29.8 Å². The van der Waals surface area contributed by atoms with E-state index in [2.05, 4.69) is 5.32 Å². The quantitative estimate of drug-likeness (QED) is 0.654. The SMILES string of the molecule is CCC(CCO)NC(=O)c1ccccc1N. The van der Waals surface area contributed by atoms with E-state index in [0.29, 0.717) is 17.7 Å². The highest BCUT2D eigenvalue weighted by molar-refractivity contribution is 5.99. The zero-order chi connectivity index (χ0) is 12.0. The van der Waals surface area contributed by atoms with Crippen LogP contribution in [0, 0.1) is 0 Å². The predicted octanol–water partition coefficient (Wildman–Crippen LogP) is 1.16. The highest BCUT2D eigenvalue weighted by Gasteiger charge is 2.13. The second kappa shape index (κ2) is 6.12. The Balaban J connectivity index is 2.68. The van der Waals surface area contributed by atoms with E-state index < -0.39 is 0 Å². The first-order valence-corrected chi connectivity index (χ1v) is 5.45. The Kier molecular flexibility index (Phi) is 4.79. The average molecular weight is 222 g/mol. The Morgan fingerprint density at radius 3 is 2.75 bits per heavy atom. The van der Waals surface area contributed by atoms with Gasteiger partial charge in [0.25, 0.3) is 5.91 Å². The van der Waals surface area contributed by atoms with Gasteiger partial charge in [-0.1, -0.05) is 19.1 Å². The van der Waals surface area contributed by atoms with Crippen molar-refractivity contribution in [2.75, 3.05) is 12.3 Å². The van der Waals surface area contributed by atoms with Gasteiger partial charge in [-0.2, -0.15) is 0 Å². The smallest absolute Gasteiger partial charge is 0.253 e. The molecule has 1 aromatic rings. The maximum atomic E-state index is 11.8. The first-order valence-electron chi connectivity index (χ1n) is 5.45. The minimum atomic E-state index is -0.182. The molecule has 88 valence electrons. The molecule has 0 aliphatic rings. The second-order valence-corrected chi connectivity index (χ2v) is 3.68. The summed E-state index contributed by atoms with van der Waals surface area (Å²) in [7, 11) is 0. The molecule has 0 heterocycles. The van der Waals surface area contributed by atoms with Crippen LogP contribution in [-0.2, 0) is 0 Å². The molecule has 0 aromatic heterocycles. The molecule has 4 nitrogen and oxygen atoms in total. The molecule has 0 aliphatic carbocycles. The third-order valence-electron chi connectivity index (χ3n) is 2.51. The van der Waals surface area contributed by atoms with Crippen LogP contribution < -0.4 is 11.1 Å². The summed E-state index contributed by atoms with van der Waals surface area (Å²) in [5.41, 5.74) is 6.66. The second-order valence-electron chi connectivity index (χ2n) is 3.68. The fourth-order valence-corrected chi connectivity index (χ4v) is 1.50. The molecule has 1 atom stereocenters. The van der Waals surface area contributed by atoms with Crippen molar-refractivity contribution in [2.24, 2.45) is 0 Å². The van der Waals surface area contributed by atoms with E-state index in [0.717, 1.165) is 6.42 Å². The van der Waals surface area contributed by atoms with E-state index in [4.69, 9.17) is 10.8 Å². The van der Waals surface area contributed by atoms with E-state index in [1.165, 1.54) is 0 Å². The number of rotatable bonds is 5. The van der Waals surface area contributed by atoms with Crippen molar-refractivity contribution in [1.29, 1.82) is 0 Å². The number of nitrogen functional groups attached to an aromatic ring is 1. The normalized spacial score (nSPS) is 12.1. The van der Waals surface area contributed by atoms with Crippen LogP contribution >= 0.6 is 0 Å². The maximum Gasteiger partial charge on any atom is 0.253 e. The van der Waals surface area contributed by atoms with Gasteiger partial charge in [-0.3, -0.25) is 4.79 Å². The molecule has 4 heteroatoms. The number of nitrogens with two attached hydrogens (primary N) is 1. The van der Waals surface area contributed by atoms with Crippen LogP contribution in [0.3, 0.4) is 0 Å². The molecule has 0 radical (unpaired) electrons. The number of hydrogen-bond donors (Lipinski definition) is 3. The molecule has 1 unspecified atom stereocenters. The Morgan fingerprint density at radius 2 is 2.19 bits per heavy atom. The van der Waals surface area contributed by atoms with Gasteiger partial charge in [0.2, 0.25) is 0 Å². The minimum absolute atomic E-state index is 0.00268. The molecular weight excluding hydrogens is 204 g/mol. The first-order chi connectivity index (χ1) is 7.69. The summed E-state index contributed by atoms with van der Waals surface area (Å²) >= 11 is 0. The van der Waals surface area contributed by atoms with Gasteiger partial charge in [0, 0.05) is 18.3 Å². The standard InChI is InChI=1S/C12H18N2O2/c1-2-9(7-8-15)14-12(16)10-5-3-4-6-11(10)13/h3-6,9,15H,2,7-8,13H2,1H3,(H,14,16). The minimum Gasteiger partial charge on any atom is -0.398 e. The number of amides is 1. The van der Waals surface area contributed by atoms with Gasteiger partial charge in [-0.15, -0.1) is 0 Å². The van der Waals surface area contributed by atoms with Gasteiger partial charge < -0.3 is 16.2 Å². The monoisotopic (exact) mass is 222 g/mol. The Hall–Kier alpha value is -1.55. The van der Waals surface area contributed by atoms with Crippen LogP contribution in [0.15, 0.2) is 24.3 Å². The molecule has 4 N–H and O–H groups in total. The molecule has 1 aromatic carbocycles. The molecule has 16 heavy (non-hydrogen) atoms. The van der Waals surface area contributed by atoms with Crippen LogP contribution in [0.25, 0.3) is 0 Å². The van der Waals surface area contributed by atoms with Gasteiger partial charge in [-0.05, 0) is 25.0 Å². The number of hydrogen-bond acceptors (Lipinski definition) is 3. The van der Waals surface area contributed by atoms with E-state index in [9.17, 15) is 4.79 Å². The van der Waals surface area contributed by atoms with E-state index in [1.54, 1.807) is 24.3 Å². The average Bonchev–Trinajstić information content (AvgIpc) is 2.28. The van der Waals surface area contributed by atoms with Crippen molar-refractivity contribution in [3.8, 4) is 0 Å². The van der Waals surface area contributed by atoms with Crippen LogP contribution in [0.5, 0.6) is 0 Å². The van der Waals surface area contributed by atoms with Crippen molar-refractivity contribution >= 4 is 11.6 Å². The number of benzene rings is 1. The summed E-state index contributed by atoms with van der Waals surface area (Å²) < 4.78 is 0. The molecule has 0 bridgehead atoms. The summed E-state index contributed by atoms with van der Waals surface area (Å²) in [6, 6.07) is 6.95. The summed E-state index contributed by atoms with van der Waals surface area (Å²) in [6.07, 6.45) is 1.36. The lowest BCUT2D eigenvalue weighted by atomic mass is 10.1. The molecule has 1 amide bonds. The number of nitrogens with one attached hydrogen (secondary N) is 1. The van der Waals surface area contributed by atoms with Gasteiger partial charge >= 0.3 is 0 Å². The zero-order valence-corrected chi connectivity index (χ0v) is 9.44. The predicted molar refractivity (Wildman–Crippen MR) is 64.1 cm³/mol. The van der Waals surface area contributed by atoms with Crippen molar-refractivity contribution in [2.45, 2.75) is 25.8 Å². The highest BCUT2D eigenvalue weighted by atomic mass is 16.3. The Morgan fingerprint density at radius 1 is 1.50 bits per heavy atom. The number of para-hydroxylation sites is 1. The number of anilines is 1. The summed E-state index contributed by atoms with van der Waals surface area (Å²) in [4.78, 5) is 11.8. The lowest BCUT2D eigenvalue weighted by Gasteiger charge is -2.16. The lowest BCUT2D eigenvalue weighted by molar-refractivity contribution is 0.0930. The van der Waals surface area contributed by atoms with E-state index in [-0.39, 0.29) is 18.6 Å². The number of carbonyl (C=O) groups excluding carboxylic acids is 1. The maximum absolute atomic E-state index is 11.8. The van der Waals surface area contributed by atoms with Gasteiger partial charge in [0.1, 0.15) is 0 Å². The lowest BCUT2D eigenvalue weighted by Crippen LogP contribution is -2.35. The Labute approximate surface area is 95.5 Å². The molecule has 0 spiro atoms. The number of carbonyl (C=O) groups is 1. The van der Waals surface area contributed by atoms with Crippen molar-refractivity contribution < 1.29 is 9.90 Å². The Bertz CT molecular complexity index is 353. The fourth-order valence-electron chi connectivity index (χ4n) is 1.50. The van der Waals surface area contributed by atoms with Crippen molar-refractivity contribution in [1.82, 2.24) is 5.32 Å². The molecule has 0 saturated carbocycles. The zero-order valence-electron chi connectivity index (χ0n) is 9.44. The van der Waals surface area contributed by atoms with Crippen LogP contribution in [0.4, 0.5) is 5.69 Å². The molecule has 0 fully saturated rings. The van der Waals surface area contributed by atoms with Crippen LogP contribution in [-0.4, -0.2) is 23.7 Å². The molecular formula is C12H18N2O2. The van der Waals surface area contributed by atoms with E-state index >= 15 is 0 Å². The van der Waals surface area contributed by atoms with Gasteiger partial charge in [-0.25, -0.2) is 0 Å². The first kappa shape index (κ1) is 12.5. The largest absolute Gasteiger partial charge is 0.398 e. The topological polar surface area (TPSA) is 75.3 Å². The van der Waals surface area contributed by atoms with Crippen molar-refractivity contribution in [3.63, 3.8) is 0 Å². The van der Waals surface area contributed by atoms with Crippen LogP contribution in [0.1, 0.15) is 30.1 Å². The summed E-state index contributed by atoms with van der Waals surface area (Å²) in [6.45, 7) is 2.04. The number of aliphatic hydroxyl groups is 1. The van der Waals surface area contributed by atoms with Gasteiger partial charge in [0.05, 0.1) is 5.56 Å². The fraction of sp³-hybridized carbons (Fsp3) is 0.417. The van der Waals surface area contributed by atoms with E-state index in [1.807, 2.05) is 6.92 Å². The third-order valence-corrected chi connectivity index (χ3v) is 2.51. The molecule has 0 saturated heterocycles.